The molecule has 1 aromatic heterocycles. The zero-order valence-electron chi connectivity index (χ0n) is 10.6. The Morgan fingerprint density at radius 2 is 1.85 bits per heavy atom. The van der Waals surface area contributed by atoms with E-state index in [0.29, 0.717) is 34.3 Å². The standard InChI is InChI=1S/C13H11N5O2/c1-6-15-10(14)5-11(16-6)17-7-2-3-8-9(4-7)13(20)18-12(8)19/h2-5H,1H3,(H,18,19,20)(H3,14,15,16,17). The van der Waals surface area contributed by atoms with E-state index in [4.69, 9.17) is 5.73 Å². The Labute approximate surface area is 114 Å². The number of hydrogen-bond donors (Lipinski definition) is 3. The summed E-state index contributed by atoms with van der Waals surface area (Å²) < 4.78 is 0. The fourth-order valence-corrected chi connectivity index (χ4v) is 2.05. The highest BCUT2D eigenvalue weighted by atomic mass is 16.2. The van der Waals surface area contributed by atoms with E-state index < -0.39 is 5.91 Å². The van der Waals surface area contributed by atoms with Crippen molar-refractivity contribution in [3.63, 3.8) is 0 Å². The van der Waals surface area contributed by atoms with E-state index in [2.05, 4.69) is 20.6 Å². The number of aryl methyl sites for hydroxylation is 1. The second-order valence-electron chi connectivity index (χ2n) is 4.39. The summed E-state index contributed by atoms with van der Waals surface area (Å²) in [6.07, 6.45) is 0. The lowest BCUT2D eigenvalue weighted by atomic mass is 10.1. The molecule has 1 aliphatic rings. The Hall–Kier alpha value is -2.96. The van der Waals surface area contributed by atoms with Gasteiger partial charge in [-0.25, -0.2) is 9.97 Å². The third kappa shape index (κ3) is 2.05. The molecule has 0 unspecified atom stereocenters. The summed E-state index contributed by atoms with van der Waals surface area (Å²) in [5.41, 5.74) is 7.01. The fourth-order valence-electron chi connectivity index (χ4n) is 2.05. The summed E-state index contributed by atoms with van der Waals surface area (Å²) in [5.74, 6) is 0.654. The Morgan fingerprint density at radius 1 is 1.10 bits per heavy atom. The van der Waals surface area contributed by atoms with Crippen LogP contribution in [0.2, 0.25) is 0 Å². The van der Waals surface area contributed by atoms with Gasteiger partial charge < -0.3 is 11.1 Å². The van der Waals surface area contributed by atoms with Crippen LogP contribution in [0.5, 0.6) is 0 Å². The second-order valence-corrected chi connectivity index (χ2v) is 4.39. The molecule has 20 heavy (non-hydrogen) atoms. The number of aromatic nitrogens is 2. The molecule has 3 rings (SSSR count). The number of fused-ring (bicyclic) bond motifs is 1. The first-order valence-corrected chi connectivity index (χ1v) is 5.91. The number of amides is 2. The van der Waals surface area contributed by atoms with Crippen LogP contribution >= 0.6 is 0 Å². The minimum Gasteiger partial charge on any atom is -0.384 e. The lowest BCUT2D eigenvalue weighted by Crippen LogP contribution is -2.19. The van der Waals surface area contributed by atoms with E-state index >= 15 is 0 Å². The van der Waals surface area contributed by atoms with Gasteiger partial charge in [-0.3, -0.25) is 14.9 Å². The van der Waals surface area contributed by atoms with E-state index in [1.54, 1.807) is 31.2 Å². The molecule has 2 heterocycles. The van der Waals surface area contributed by atoms with Crippen LogP contribution in [0.3, 0.4) is 0 Å². The predicted octanol–water partition coefficient (Wildman–Crippen LogP) is 0.994. The summed E-state index contributed by atoms with van der Waals surface area (Å²) in [5, 5.41) is 5.27. The Balaban J connectivity index is 1.94. The number of rotatable bonds is 2. The fraction of sp³-hybridized carbons (Fsp3) is 0.0769. The maximum absolute atomic E-state index is 11.6. The van der Waals surface area contributed by atoms with Gasteiger partial charge >= 0.3 is 0 Å². The molecule has 0 bridgehead atoms. The SMILES string of the molecule is Cc1nc(N)cc(Nc2ccc3c(c2)C(=O)NC3=O)n1. The van der Waals surface area contributed by atoms with E-state index in [9.17, 15) is 9.59 Å². The summed E-state index contributed by atoms with van der Waals surface area (Å²) in [7, 11) is 0. The zero-order valence-corrected chi connectivity index (χ0v) is 10.6. The van der Waals surface area contributed by atoms with Crippen LogP contribution in [0.4, 0.5) is 17.3 Å². The van der Waals surface area contributed by atoms with Crippen LogP contribution in [-0.4, -0.2) is 21.8 Å². The highest BCUT2D eigenvalue weighted by molar-refractivity contribution is 6.21. The molecule has 1 aromatic carbocycles. The van der Waals surface area contributed by atoms with Gasteiger partial charge in [-0.2, -0.15) is 0 Å². The quantitative estimate of drug-likeness (QED) is 0.701. The van der Waals surface area contributed by atoms with Gasteiger partial charge in [0.25, 0.3) is 11.8 Å². The van der Waals surface area contributed by atoms with E-state index in [1.165, 1.54) is 0 Å². The first-order chi connectivity index (χ1) is 9.52. The van der Waals surface area contributed by atoms with Crippen molar-refractivity contribution in [1.82, 2.24) is 15.3 Å². The Morgan fingerprint density at radius 3 is 2.60 bits per heavy atom. The summed E-state index contributed by atoms with van der Waals surface area (Å²) >= 11 is 0. The molecular formula is C13H11N5O2. The van der Waals surface area contributed by atoms with Crippen molar-refractivity contribution in [2.24, 2.45) is 0 Å². The molecule has 0 fully saturated rings. The van der Waals surface area contributed by atoms with Crippen LogP contribution in [0.1, 0.15) is 26.5 Å². The summed E-state index contributed by atoms with van der Waals surface area (Å²) in [6, 6.07) is 6.48. The minimum atomic E-state index is -0.396. The van der Waals surface area contributed by atoms with Crippen LogP contribution in [0, 0.1) is 6.92 Å². The van der Waals surface area contributed by atoms with E-state index in [-0.39, 0.29) is 5.91 Å². The average molecular weight is 269 g/mol. The van der Waals surface area contributed by atoms with Gasteiger partial charge in [0.2, 0.25) is 0 Å². The third-order valence-electron chi connectivity index (χ3n) is 2.87. The molecule has 7 nitrogen and oxygen atoms in total. The zero-order chi connectivity index (χ0) is 14.3. The predicted molar refractivity (Wildman–Crippen MR) is 72.7 cm³/mol. The first kappa shape index (κ1) is 12.1. The van der Waals surface area contributed by atoms with E-state index in [1.807, 2.05) is 0 Å². The second kappa shape index (κ2) is 4.30. The van der Waals surface area contributed by atoms with E-state index in [0.717, 1.165) is 0 Å². The molecule has 7 heteroatoms. The van der Waals surface area contributed by atoms with Crippen molar-refractivity contribution >= 4 is 29.1 Å². The smallest absolute Gasteiger partial charge is 0.259 e. The van der Waals surface area contributed by atoms with Gasteiger partial charge in [-0.15, -0.1) is 0 Å². The van der Waals surface area contributed by atoms with Crippen LogP contribution in [0.15, 0.2) is 24.3 Å². The Bertz CT molecular complexity index is 721. The molecule has 0 atom stereocenters. The number of anilines is 3. The number of carbonyl (C=O) groups is 2. The molecule has 2 aromatic rings. The molecule has 0 saturated heterocycles. The lowest BCUT2D eigenvalue weighted by molar-refractivity contribution is 0.0879. The number of nitrogen functional groups attached to an aromatic ring is 1. The number of hydrogen-bond acceptors (Lipinski definition) is 6. The third-order valence-corrected chi connectivity index (χ3v) is 2.87. The van der Waals surface area contributed by atoms with Gasteiger partial charge in [0.1, 0.15) is 17.5 Å². The van der Waals surface area contributed by atoms with Crippen LogP contribution in [-0.2, 0) is 0 Å². The molecule has 2 amide bonds. The maximum Gasteiger partial charge on any atom is 0.259 e. The summed E-state index contributed by atoms with van der Waals surface area (Å²) in [6.45, 7) is 1.73. The largest absolute Gasteiger partial charge is 0.384 e. The van der Waals surface area contributed by atoms with Gasteiger partial charge in [0.15, 0.2) is 0 Å². The molecule has 4 N–H and O–H groups in total. The van der Waals surface area contributed by atoms with Gasteiger partial charge in [0.05, 0.1) is 11.1 Å². The molecule has 0 radical (unpaired) electrons. The van der Waals surface area contributed by atoms with Crippen molar-refractivity contribution in [3.8, 4) is 0 Å². The van der Waals surface area contributed by atoms with Gasteiger partial charge in [-0.05, 0) is 25.1 Å². The number of nitrogens with one attached hydrogen (secondary N) is 2. The van der Waals surface area contributed by atoms with Gasteiger partial charge in [-0.1, -0.05) is 0 Å². The molecule has 0 spiro atoms. The average Bonchev–Trinajstić information content (AvgIpc) is 2.63. The van der Waals surface area contributed by atoms with Crippen molar-refractivity contribution in [2.75, 3.05) is 11.1 Å². The number of carbonyl (C=O) groups excluding carboxylic acids is 2. The van der Waals surface area contributed by atoms with Crippen molar-refractivity contribution in [2.45, 2.75) is 6.92 Å². The Kier molecular flexibility index (Phi) is 2.60. The first-order valence-electron chi connectivity index (χ1n) is 5.91. The number of benzene rings is 1. The molecule has 0 aliphatic carbocycles. The lowest BCUT2D eigenvalue weighted by Gasteiger charge is -2.07. The number of nitrogens with zero attached hydrogens (tertiary/aromatic N) is 2. The van der Waals surface area contributed by atoms with Crippen LogP contribution in [0.25, 0.3) is 0 Å². The number of imide groups is 1. The van der Waals surface area contributed by atoms with Crippen LogP contribution < -0.4 is 16.4 Å². The maximum atomic E-state index is 11.6. The van der Waals surface area contributed by atoms with Crippen molar-refractivity contribution in [1.29, 1.82) is 0 Å². The highest BCUT2D eigenvalue weighted by Crippen LogP contribution is 2.22. The number of nitrogens with two attached hydrogens (primary N) is 1. The molecule has 1 aliphatic heterocycles. The van der Waals surface area contributed by atoms with Crippen molar-refractivity contribution in [3.05, 3.63) is 41.2 Å². The highest BCUT2D eigenvalue weighted by Gasteiger charge is 2.26. The monoisotopic (exact) mass is 269 g/mol. The molecule has 0 saturated carbocycles. The topological polar surface area (TPSA) is 110 Å². The molecule has 100 valence electrons. The molecular weight excluding hydrogens is 258 g/mol. The minimum absolute atomic E-state index is 0.346. The normalized spacial score (nSPS) is 13.1. The van der Waals surface area contributed by atoms with Gasteiger partial charge in [0, 0.05) is 11.8 Å². The van der Waals surface area contributed by atoms with Crippen molar-refractivity contribution < 1.29 is 9.59 Å². The summed E-state index contributed by atoms with van der Waals surface area (Å²) in [4.78, 5) is 31.2.